The molecule has 31 heavy (non-hydrogen) atoms. The minimum atomic E-state index is -3.45. The zero-order valence-corrected chi connectivity index (χ0v) is 16.4. The van der Waals surface area contributed by atoms with Crippen LogP contribution in [0, 0.1) is 0 Å². The van der Waals surface area contributed by atoms with Crippen LogP contribution in [0.5, 0.6) is 5.88 Å². The van der Waals surface area contributed by atoms with Crippen molar-refractivity contribution in [2.45, 2.75) is 31.8 Å². The third-order valence-corrected chi connectivity index (χ3v) is 4.51. The van der Waals surface area contributed by atoms with E-state index in [1.807, 2.05) is 0 Å². The summed E-state index contributed by atoms with van der Waals surface area (Å²) in [5.74, 6) is -8.17. The van der Waals surface area contributed by atoms with E-state index < -0.39 is 42.9 Å². The molecule has 4 rings (SSSR count). The maximum Gasteiger partial charge on any atom is 0.309 e. The number of ether oxygens (including phenoxy) is 2. The van der Waals surface area contributed by atoms with E-state index in [9.17, 15) is 22.4 Å². The van der Waals surface area contributed by atoms with Crippen molar-refractivity contribution in [2.75, 3.05) is 18.5 Å². The van der Waals surface area contributed by atoms with Crippen LogP contribution in [0.1, 0.15) is 19.7 Å². The zero-order valence-electron chi connectivity index (χ0n) is 16.4. The first-order valence-electron chi connectivity index (χ1n) is 9.17. The number of hydrogen-bond acceptors (Lipinski definition) is 6. The van der Waals surface area contributed by atoms with Gasteiger partial charge in [0, 0.05) is 43.8 Å². The fraction of sp³-hybridized carbons (Fsp3) is 0.368. The van der Waals surface area contributed by atoms with Crippen LogP contribution in [-0.2, 0) is 15.5 Å². The van der Waals surface area contributed by atoms with Gasteiger partial charge in [-0.2, -0.15) is 22.5 Å². The molecule has 0 aromatic carbocycles. The Labute approximate surface area is 173 Å². The van der Waals surface area contributed by atoms with Gasteiger partial charge in [-0.1, -0.05) is 0 Å². The third-order valence-electron chi connectivity index (χ3n) is 4.51. The molecule has 0 bridgehead atoms. The Balaban J connectivity index is 1.79. The standard InChI is InChI=1S/C19H17F4N5O3/c1-10(29)25-14-5-12-11(7-24-14)3-4-28(12)15-6-16(27-17(26-15)18(2,20)21)31-13-8-30-9-19(13,22)23/h3-7,13H,8-9H2,1-2H3,(H,24,25,29). The summed E-state index contributed by atoms with van der Waals surface area (Å²) < 4.78 is 67.2. The van der Waals surface area contributed by atoms with Crippen molar-refractivity contribution in [1.29, 1.82) is 0 Å². The van der Waals surface area contributed by atoms with E-state index in [-0.39, 0.29) is 17.5 Å². The summed E-state index contributed by atoms with van der Waals surface area (Å²) in [6.45, 7) is 0.683. The summed E-state index contributed by atoms with van der Waals surface area (Å²) in [7, 11) is 0. The number of aromatic nitrogens is 4. The molecular weight excluding hydrogens is 422 g/mol. The number of anilines is 1. The van der Waals surface area contributed by atoms with Crippen LogP contribution >= 0.6 is 0 Å². The van der Waals surface area contributed by atoms with Crippen molar-refractivity contribution in [2.24, 2.45) is 0 Å². The van der Waals surface area contributed by atoms with E-state index in [1.165, 1.54) is 29.8 Å². The lowest BCUT2D eigenvalue weighted by molar-refractivity contribution is -0.114. The van der Waals surface area contributed by atoms with Crippen LogP contribution < -0.4 is 10.1 Å². The molecule has 1 atom stereocenters. The highest BCUT2D eigenvalue weighted by molar-refractivity contribution is 5.91. The molecule has 4 heterocycles. The van der Waals surface area contributed by atoms with Crippen LogP contribution in [0.4, 0.5) is 23.4 Å². The summed E-state index contributed by atoms with van der Waals surface area (Å²) in [6.07, 6.45) is 1.37. The van der Waals surface area contributed by atoms with Gasteiger partial charge < -0.3 is 19.4 Å². The first-order valence-corrected chi connectivity index (χ1v) is 9.17. The van der Waals surface area contributed by atoms with Gasteiger partial charge in [0.25, 0.3) is 0 Å². The van der Waals surface area contributed by atoms with E-state index in [0.717, 1.165) is 0 Å². The average molecular weight is 439 g/mol. The van der Waals surface area contributed by atoms with Crippen molar-refractivity contribution < 1.29 is 31.8 Å². The number of nitrogens with one attached hydrogen (secondary N) is 1. The summed E-state index contributed by atoms with van der Waals surface area (Å²) >= 11 is 0. The molecule has 3 aromatic rings. The number of halogens is 4. The Morgan fingerprint density at radius 2 is 2.13 bits per heavy atom. The summed E-state index contributed by atoms with van der Waals surface area (Å²) in [4.78, 5) is 22.9. The molecular formula is C19H17F4N5O3. The monoisotopic (exact) mass is 439 g/mol. The molecule has 3 aromatic heterocycles. The quantitative estimate of drug-likeness (QED) is 0.614. The Kier molecular flexibility index (Phi) is 5.04. The van der Waals surface area contributed by atoms with E-state index in [4.69, 9.17) is 9.47 Å². The van der Waals surface area contributed by atoms with Gasteiger partial charge in [0.2, 0.25) is 17.6 Å². The van der Waals surface area contributed by atoms with E-state index >= 15 is 0 Å². The summed E-state index contributed by atoms with van der Waals surface area (Å²) in [6, 6.07) is 4.37. The van der Waals surface area contributed by atoms with Gasteiger partial charge in [0.1, 0.15) is 18.2 Å². The normalized spacial score (nSPS) is 18.3. The van der Waals surface area contributed by atoms with Crippen LogP contribution in [0.25, 0.3) is 16.7 Å². The van der Waals surface area contributed by atoms with Crippen molar-refractivity contribution in [3.63, 3.8) is 0 Å². The molecule has 1 unspecified atom stereocenters. The molecule has 1 amide bonds. The molecule has 0 spiro atoms. The smallest absolute Gasteiger partial charge is 0.309 e. The molecule has 164 valence electrons. The highest BCUT2D eigenvalue weighted by Gasteiger charge is 2.47. The van der Waals surface area contributed by atoms with Gasteiger partial charge in [0.15, 0.2) is 6.10 Å². The Bertz CT molecular complexity index is 1150. The number of carbonyl (C=O) groups is 1. The number of alkyl halides is 4. The second kappa shape index (κ2) is 7.45. The van der Waals surface area contributed by atoms with Gasteiger partial charge in [0.05, 0.1) is 12.1 Å². The Hall–Kier alpha value is -3.28. The first kappa shape index (κ1) is 21.0. The zero-order chi connectivity index (χ0) is 22.4. The minimum absolute atomic E-state index is 0.0290. The Morgan fingerprint density at radius 3 is 2.77 bits per heavy atom. The maximum atomic E-state index is 14.0. The molecule has 8 nitrogen and oxygen atoms in total. The fourth-order valence-corrected chi connectivity index (χ4v) is 3.05. The third kappa shape index (κ3) is 4.29. The molecule has 1 aliphatic rings. The van der Waals surface area contributed by atoms with Crippen molar-refractivity contribution in [3.05, 3.63) is 36.4 Å². The van der Waals surface area contributed by atoms with Crippen LogP contribution in [0.3, 0.4) is 0 Å². The van der Waals surface area contributed by atoms with Gasteiger partial charge in [-0.3, -0.25) is 4.79 Å². The molecule has 1 saturated heterocycles. The second-order valence-electron chi connectivity index (χ2n) is 7.15. The number of hydrogen-bond donors (Lipinski definition) is 1. The van der Waals surface area contributed by atoms with Gasteiger partial charge in [-0.05, 0) is 6.07 Å². The van der Waals surface area contributed by atoms with Gasteiger partial charge in [-0.25, -0.2) is 9.97 Å². The topological polar surface area (TPSA) is 91.2 Å². The summed E-state index contributed by atoms with van der Waals surface area (Å²) in [5.41, 5.74) is 0.489. The SMILES string of the molecule is CC(=O)Nc1cc2c(ccn2-c2cc(OC3COCC3(F)F)nc(C(C)(F)F)n2)cn1. The first-order chi connectivity index (χ1) is 14.5. The number of pyridine rings is 1. The molecule has 1 fully saturated rings. The Morgan fingerprint density at radius 1 is 1.35 bits per heavy atom. The number of nitrogens with zero attached hydrogens (tertiary/aromatic N) is 4. The van der Waals surface area contributed by atoms with Crippen LogP contribution in [0.2, 0.25) is 0 Å². The van der Waals surface area contributed by atoms with E-state index in [1.54, 1.807) is 12.3 Å². The molecule has 0 saturated carbocycles. The van der Waals surface area contributed by atoms with E-state index in [0.29, 0.717) is 17.8 Å². The number of fused-ring (bicyclic) bond motifs is 1. The van der Waals surface area contributed by atoms with Crippen molar-refractivity contribution in [1.82, 2.24) is 19.5 Å². The molecule has 1 aliphatic heterocycles. The number of amides is 1. The number of carbonyl (C=O) groups excluding carboxylic acids is 1. The molecule has 0 radical (unpaired) electrons. The lowest BCUT2D eigenvalue weighted by atomic mass is 10.2. The molecule has 0 aliphatic carbocycles. The largest absolute Gasteiger partial charge is 0.465 e. The average Bonchev–Trinajstić information content (AvgIpc) is 3.23. The predicted molar refractivity (Wildman–Crippen MR) is 101 cm³/mol. The van der Waals surface area contributed by atoms with Gasteiger partial charge in [-0.15, -0.1) is 0 Å². The van der Waals surface area contributed by atoms with Crippen molar-refractivity contribution in [3.8, 4) is 11.7 Å². The molecule has 1 N–H and O–H groups in total. The summed E-state index contributed by atoms with van der Waals surface area (Å²) in [5, 5.41) is 3.17. The minimum Gasteiger partial charge on any atom is -0.465 e. The highest BCUT2D eigenvalue weighted by Crippen LogP contribution is 2.32. The van der Waals surface area contributed by atoms with E-state index in [2.05, 4.69) is 20.3 Å². The highest BCUT2D eigenvalue weighted by atomic mass is 19.3. The predicted octanol–water partition coefficient (Wildman–Crippen LogP) is 3.30. The van der Waals surface area contributed by atoms with Crippen molar-refractivity contribution >= 4 is 22.6 Å². The van der Waals surface area contributed by atoms with Crippen LogP contribution in [0.15, 0.2) is 30.6 Å². The van der Waals surface area contributed by atoms with Crippen LogP contribution in [-0.4, -0.2) is 50.7 Å². The molecule has 12 heteroatoms. The lowest BCUT2D eigenvalue weighted by Crippen LogP contribution is -2.37. The second-order valence-corrected chi connectivity index (χ2v) is 7.15. The number of rotatable bonds is 5. The maximum absolute atomic E-state index is 14.0. The lowest BCUT2D eigenvalue weighted by Gasteiger charge is -2.19. The fourth-order valence-electron chi connectivity index (χ4n) is 3.05. The van der Waals surface area contributed by atoms with Gasteiger partial charge >= 0.3 is 11.8 Å².